The fourth-order valence-corrected chi connectivity index (χ4v) is 4.70. The third-order valence-corrected chi connectivity index (χ3v) is 7.12. The lowest BCUT2D eigenvalue weighted by Crippen LogP contribution is -2.48. The number of anilines is 1. The highest BCUT2D eigenvalue weighted by Crippen LogP contribution is 2.25. The Labute approximate surface area is 206 Å². The molecule has 9 nitrogen and oxygen atoms in total. The van der Waals surface area contributed by atoms with Crippen molar-refractivity contribution in [2.24, 2.45) is 11.7 Å². The van der Waals surface area contributed by atoms with Crippen molar-refractivity contribution in [3.8, 4) is 0 Å². The summed E-state index contributed by atoms with van der Waals surface area (Å²) in [5.74, 6) is 0.396. The summed E-state index contributed by atoms with van der Waals surface area (Å²) in [6.07, 6.45) is 3.53. The molecule has 1 aliphatic heterocycles. The van der Waals surface area contributed by atoms with E-state index in [1.165, 1.54) is 11.3 Å². The van der Waals surface area contributed by atoms with Gasteiger partial charge in [-0.15, -0.1) is 0 Å². The van der Waals surface area contributed by atoms with E-state index in [2.05, 4.69) is 44.8 Å². The third kappa shape index (κ3) is 8.92. The van der Waals surface area contributed by atoms with Gasteiger partial charge in [-0.3, -0.25) is 19.9 Å². The first-order valence-electron chi connectivity index (χ1n) is 12.3. The molecule has 1 unspecified atom stereocenters. The van der Waals surface area contributed by atoms with Gasteiger partial charge in [0.15, 0.2) is 5.13 Å². The van der Waals surface area contributed by atoms with Crippen LogP contribution in [0.25, 0.3) is 10.2 Å². The number of carbonyl (C=O) groups is 2. The first-order chi connectivity index (χ1) is 16.4. The highest BCUT2D eigenvalue weighted by Gasteiger charge is 2.19. The predicted octanol–water partition coefficient (Wildman–Crippen LogP) is 2.02. The summed E-state index contributed by atoms with van der Waals surface area (Å²) in [4.78, 5) is 33.4. The number of piperazine rings is 1. The summed E-state index contributed by atoms with van der Waals surface area (Å²) < 4.78 is 1.08. The van der Waals surface area contributed by atoms with Gasteiger partial charge in [0.1, 0.15) is 0 Å². The Morgan fingerprint density at radius 3 is 2.53 bits per heavy atom. The van der Waals surface area contributed by atoms with Crippen LogP contribution in [0.15, 0.2) is 24.3 Å². The minimum Gasteiger partial charge on any atom is -0.326 e. The molecule has 34 heavy (non-hydrogen) atoms. The first kappa shape index (κ1) is 26.5. The fourth-order valence-electron chi connectivity index (χ4n) is 3.82. The van der Waals surface area contributed by atoms with Gasteiger partial charge in [0, 0.05) is 45.2 Å². The number of thiazole rings is 1. The van der Waals surface area contributed by atoms with E-state index in [9.17, 15) is 9.59 Å². The number of nitrogens with zero attached hydrogens (tertiary/aromatic N) is 3. The summed E-state index contributed by atoms with van der Waals surface area (Å²) in [6.45, 7) is 9.86. The molecule has 0 aliphatic carbocycles. The minimum absolute atomic E-state index is 0.00791. The van der Waals surface area contributed by atoms with Gasteiger partial charge in [0.25, 0.3) is 0 Å². The number of hydrogen-bond acceptors (Lipinski definition) is 8. The van der Waals surface area contributed by atoms with Crippen molar-refractivity contribution in [3.05, 3.63) is 24.3 Å². The zero-order chi connectivity index (χ0) is 24.3. The number of amides is 2. The second-order valence-corrected chi connectivity index (χ2v) is 10.3. The van der Waals surface area contributed by atoms with Crippen LogP contribution in [0.3, 0.4) is 0 Å². The van der Waals surface area contributed by atoms with E-state index < -0.39 is 0 Å². The third-order valence-electron chi connectivity index (χ3n) is 6.17. The fraction of sp³-hybridized carbons (Fsp3) is 0.625. The van der Waals surface area contributed by atoms with E-state index in [-0.39, 0.29) is 17.9 Å². The summed E-state index contributed by atoms with van der Waals surface area (Å²) in [5.41, 5.74) is 12.5. The van der Waals surface area contributed by atoms with Crippen molar-refractivity contribution in [1.82, 2.24) is 25.6 Å². The van der Waals surface area contributed by atoms with Crippen LogP contribution in [0.5, 0.6) is 0 Å². The monoisotopic (exact) mass is 489 g/mol. The number of unbranched alkanes of at least 4 members (excludes halogenated alkanes) is 2. The van der Waals surface area contributed by atoms with E-state index in [4.69, 9.17) is 5.73 Å². The maximum Gasteiger partial charge on any atom is 0.240 e. The molecule has 0 saturated carbocycles. The largest absolute Gasteiger partial charge is 0.326 e. The van der Waals surface area contributed by atoms with Crippen LogP contribution in [0.4, 0.5) is 5.13 Å². The Hall–Kier alpha value is -2.11. The highest BCUT2D eigenvalue weighted by atomic mass is 32.1. The maximum absolute atomic E-state index is 12.4. The number of carbonyl (C=O) groups excluding carboxylic acids is 2. The Morgan fingerprint density at radius 2 is 1.79 bits per heavy atom. The molecular weight excluding hydrogens is 450 g/mol. The molecule has 2 aromatic rings. The van der Waals surface area contributed by atoms with E-state index >= 15 is 0 Å². The SMILES string of the molecule is CC(C)C(N)CNNC(=O)CCCCCN1CCN(CC(=O)Nc2nc3ccccc3s2)CC1. The molecule has 1 fully saturated rings. The zero-order valence-corrected chi connectivity index (χ0v) is 21.2. The molecule has 1 aliphatic rings. The van der Waals surface area contributed by atoms with E-state index in [0.717, 1.165) is 62.2 Å². The van der Waals surface area contributed by atoms with Gasteiger partial charge < -0.3 is 16.0 Å². The normalized spacial score (nSPS) is 16.1. The Bertz CT molecular complexity index is 879. The average Bonchev–Trinajstić information content (AvgIpc) is 3.21. The predicted molar refractivity (Wildman–Crippen MR) is 139 cm³/mol. The molecule has 1 aromatic heterocycles. The summed E-state index contributed by atoms with van der Waals surface area (Å²) in [7, 11) is 0. The Balaban J connectivity index is 1.21. The number of hydrogen-bond donors (Lipinski definition) is 4. The molecule has 2 amide bonds. The van der Waals surface area contributed by atoms with Crippen LogP contribution >= 0.6 is 11.3 Å². The molecule has 188 valence electrons. The Kier molecular flexibility index (Phi) is 10.7. The van der Waals surface area contributed by atoms with Crippen LogP contribution in [-0.4, -0.2) is 78.5 Å². The number of fused-ring (bicyclic) bond motifs is 1. The molecular formula is C24H39N7O2S. The van der Waals surface area contributed by atoms with Crippen molar-refractivity contribution in [2.45, 2.75) is 45.6 Å². The van der Waals surface area contributed by atoms with Gasteiger partial charge in [-0.25, -0.2) is 10.4 Å². The van der Waals surface area contributed by atoms with Gasteiger partial charge in [-0.05, 0) is 37.4 Å². The van der Waals surface area contributed by atoms with Crippen LogP contribution < -0.4 is 21.9 Å². The van der Waals surface area contributed by atoms with Gasteiger partial charge in [0.2, 0.25) is 11.8 Å². The van der Waals surface area contributed by atoms with Crippen molar-refractivity contribution >= 4 is 38.5 Å². The summed E-state index contributed by atoms with van der Waals surface area (Å²) in [5, 5.41) is 3.60. The molecule has 5 N–H and O–H groups in total. The van der Waals surface area contributed by atoms with Crippen molar-refractivity contribution in [2.75, 3.05) is 51.1 Å². The van der Waals surface area contributed by atoms with Gasteiger partial charge in [-0.1, -0.05) is 43.7 Å². The average molecular weight is 490 g/mol. The molecule has 1 aromatic carbocycles. The topological polar surface area (TPSA) is 116 Å². The molecule has 1 atom stereocenters. The maximum atomic E-state index is 12.4. The van der Waals surface area contributed by atoms with Crippen molar-refractivity contribution in [1.29, 1.82) is 0 Å². The molecule has 10 heteroatoms. The van der Waals surface area contributed by atoms with Crippen molar-refractivity contribution in [3.63, 3.8) is 0 Å². The standard InChI is InChI=1S/C24H39N7O2S/c1-18(2)19(25)16-26-29-22(32)10-4-3-7-11-30-12-14-31(15-13-30)17-23(33)28-24-27-20-8-5-6-9-21(20)34-24/h5-6,8-9,18-19,26H,3-4,7,10-17,25H2,1-2H3,(H,29,32)(H,27,28,33). The molecule has 0 bridgehead atoms. The smallest absolute Gasteiger partial charge is 0.240 e. The number of aromatic nitrogens is 1. The molecule has 2 heterocycles. The molecule has 0 spiro atoms. The lowest BCUT2D eigenvalue weighted by molar-refractivity contribution is -0.122. The van der Waals surface area contributed by atoms with Crippen molar-refractivity contribution < 1.29 is 9.59 Å². The summed E-state index contributed by atoms with van der Waals surface area (Å²) >= 11 is 1.51. The lowest BCUT2D eigenvalue weighted by Gasteiger charge is -2.34. The number of nitrogens with one attached hydrogen (secondary N) is 3. The zero-order valence-electron chi connectivity index (χ0n) is 20.4. The van der Waals surface area contributed by atoms with E-state index in [0.29, 0.717) is 30.6 Å². The van der Waals surface area contributed by atoms with Crippen LogP contribution in [0.1, 0.15) is 39.5 Å². The molecule has 1 saturated heterocycles. The highest BCUT2D eigenvalue weighted by molar-refractivity contribution is 7.22. The molecule has 0 radical (unpaired) electrons. The number of hydrazine groups is 1. The number of nitrogens with two attached hydrogens (primary N) is 1. The second kappa shape index (κ2) is 13.7. The number of benzene rings is 1. The van der Waals surface area contributed by atoms with E-state index in [1.54, 1.807) is 0 Å². The van der Waals surface area contributed by atoms with Gasteiger partial charge in [-0.2, -0.15) is 0 Å². The van der Waals surface area contributed by atoms with Crippen LogP contribution in [0.2, 0.25) is 0 Å². The van der Waals surface area contributed by atoms with E-state index in [1.807, 2.05) is 24.3 Å². The first-order valence-corrected chi connectivity index (χ1v) is 13.1. The van der Waals surface area contributed by atoms with Gasteiger partial charge >= 0.3 is 0 Å². The van der Waals surface area contributed by atoms with Crippen LogP contribution in [-0.2, 0) is 9.59 Å². The van der Waals surface area contributed by atoms with Gasteiger partial charge in [0.05, 0.1) is 16.8 Å². The quantitative estimate of drug-likeness (QED) is 0.251. The Morgan fingerprint density at radius 1 is 1.06 bits per heavy atom. The minimum atomic E-state index is -0.00791. The van der Waals surface area contributed by atoms with Crippen LogP contribution in [0, 0.1) is 5.92 Å². The molecule has 3 rings (SSSR count). The number of para-hydroxylation sites is 1. The summed E-state index contributed by atoms with van der Waals surface area (Å²) in [6, 6.07) is 7.94. The lowest BCUT2D eigenvalue weighted by atomic mass is 10.1. The second-order valence-electron chi connectivity index (χ2n) is 9.30. The number of rotatable bonds is 13.